The Balaban J connectivity index is 2.34. The molecule has 0 N–H and O–H groups in total. The predicted octanol–water partition coefficient (Wildman–Crippen LogP) is 2.67. The fraction of sp³-hybridized carbons (Fsp3) is 0.733. The van der Waals surface area contributed by atoms with Crippen LogP contribution in [0.4, 0.5) is 0 Å². The summed E-state index contributed by atoms with van der Waals surface area (Å²) >= 11 is 0. The van der Waals surface area contributed by atoms with Crippen LogP contribution >= 0.6 is 0 Å². The highest BCUT2D eigenvalue weighted by atomic mass is 16.2. The molecule has 0 aromatic rings. The minimum Gasteiger partial charge on any atom is -0.329 e. The summed E-state index contributed by atoms with van der Waals surface area (Å²) in [7, 11) is 1.77. The second kappa shape index (κ2) is 3.94. The van der Waals surface area contributed by atoms with Gasteiger partial charge in [0.05, 0.1) is 17.8 Å². The summed E-state index contributed by atoms with van der Waals surface area (Å²) in [6.07, 6.45) is 3.06. The van der Waals surface area contributed by atoms with Crippen molar-refractivity contribution in [2.45, 2.75) is 47.1 Å². The summed E-state index contributed by atoms with van der Waals surface area (Å²) in [5, 5.41) is 0. The maximum absolute atomic E-state index is 12.5. The van der Waals surface area contributed by atoms with Gasteiger partial charge >= 0.3 is 0 Å². The van der Waals surface area contributed by atoms with Crippen LogP contribution in [0.1, 0.15) is 41.0 Å². The molecule has 2 rings (SSSR count). The molecule has 100 valence electrons. The monoisotopic (exact) mass is 248 g/mol. The van der Waals surface area contributed by atoms with E-state index in [0.29, 0.717) is 12.6 Å². The number of hydrogen-bond donors (Lipinski definition) is 0. The number of amides is 1. The van der Waals surface area contributed by atoms with Gasteiger partial charge in [0.15, 0.2) is 0 Å². The zero-order valence-corrected chi connectivity index (χ0v) is 12.4. The molecule has 3 heteroatoms. The second-order valence-corrected chi connectivity index (χ2v) is 6.86. The van der Waals surface area contributed by atoms with Crippen molar-refractivity contribution in [1.29, 1.82) is 0 Å². The van der Waals surface area contributed by atoms with E-state index in [1.165, 1.54) is 0 Å². The van der Waals surface area contributed by atoms with Gasteiger partial charge in [0.2, 0.25) is 0 Å². The first-order valence-corrected chi connectivity index (χ1v) is 6.68. The van der Waals surface area contributed by atoms with E-state index in [0.717, 1.165) is 17.7 Å². The molecule has 0 aromatic carbocycles. The van der Waals surface area contributed by atoms with Crippen LogP contribution < -0.4 is 0 Å². The lowest BCUT2D eigenvalue weighted by atomic mass is 9.51. The van der Waals surface area contributed by atoms with Gasteiger partial charge in [-0.05, 0) is 24.2 Å². The van der Waals surface area contributed by atoms with Gasteiger partial charge in [0.25, 0.3) is 5.91 Å². The number of nitrogens with zero attached hydrogens (tertiary/aromatic N) is 2. The summed E-state index contributed by atoms with van der Waals surface area (Å²) in [5.74, 6) is 0.156. The molecule has 0 spiro atoms. The molecule has 18 heavy (non-hydrogen) atoms. The third-order valence-corrected chi connectivity index (χ3v) is 4.38. The average molecular weight is 248 g/mol. The normalized spacial score (nSPS) is 31.2. The highest BCUT2D eigenvalue weighted by Crippen LogP contribution is 2.56. The first-order chi connectivity index (χ1) is 8.24. The topological polar surface area (TPSA) is 32.7 Å². The standard InChI is InChI=1S/C15H24N2O/c1-7-10-11(16-6)8-17(12(10)18)13-14(2,3)9-15(13,4)5/h7,13H,8-9H2,1-6H3/b10-7+,16-11-. The van der Waals surface area contributed by atoms with Crippen molar-refractivity contribution in [3.63, 3.8) is 0 Å². The molecule has 1 heterocycles. The molecule has 1 saturated heterocycles. The number of rotatable bonds is 1. The van der Waals surface area contributed by atoms with E-state index < -0.39 is 0 Å². The average Bonchev–Trinajstić information content (AvgIpc) is 2.52. The van der Waals surface area contributed by atoms with E-state index in [1.807, 2.05) is 17.9 Å². The molecule has 1 aliphatic heterocycles. The zero-order valence-electron chi connectivity index (χ0n) is 12.4. The predicted molar refractivity (Wildman–Crippen MR) is 74.8 cm³/mol. The first kappa shape index (κ1) is 13.3. The van der Waals surface area contributed by atoms with E-state index in [9.17, 15) is 4.79 Å². The van der Waals surface area contributed by atoms with Gasteiger partial charge in [-0.2, -0.15) is 0 Å². The quantitative estimate of drug-likeness (QED) is 0.657. The summed E-state index contributed by atoms with van der Waals surface area (Å²) in [6, 6.07) is 0.312. The van der Waals surface area contributed by atoms with Crippen molar-refractivity contribution < 1.29 is 4.79 Å². The Hall–Kier alpha value is -1.12. The van der Waals surface area contributed by atoms with Crippen molar-refractivity contribution >= 4 is 11.6 Å². The van der Waals surface area contributed by atoms with Crippen LogP contribution in [0.5, 0.6) is 0 Å². The van der Waals surface area contributed by atoms with E-state index in [4.69, 9.17) is 0 Å². The highest BCUT2D eigenvalue weighted by Gasteiger charge is 2.58. The number of allylic oxidation sites excluding steroid dienone is 1. The van der Waals surface area contributed by atoms with Crippen LogP contribution in [0.2, 0.25) is 0 Å². The van der Waals surface area contributed by atoms with Crippen molar-refractivity contribution in [3.05, 3.63) is 11.6 Å². The Kier molecular flexibility index (Phi) is 2.91. The Morgan fingerprint density at radius 3 is 2.17 bits per heavy atom. The van der Waals surface area contributed by atoms with Crippen LogP contribution in [-0.4, -0.2) is 36.2 Å². The molecule has 3 nitrogen and oxygen atoms in total. The smallest absolute Gasteiger partial charge is 0.256 e. The maximum atomic E-state index is 12.5. The molecule has 1 saturated carbocycles. The summed E-state index contributed by atoms with van der Waals surface area (Å²) in [4.78, 5) is 18.8. The minimum absolute atomic E-state index is 0.156. The number of likely N-dealkylation sites (tertiary alicyclic amines) is 1. The second-order valence-electron chi connectivity index (χ2n) is 6.86. The first-order valence-electron chi connectivity index (χ1n) is 6.68. The Labute approximate surface area is 110 Å². The molecular formula is C15H24N2O. The molecule has 0 atom stereocenters. The van der Waals surface area contributed by atoms with E-state index in [-0.39, 0.29) is 16.7 Å². The van der Waals surface area contributed by atoms with Crippen molar-refractivity contribution in [3.8, 4) is 0 Å². The maximum Gasteiger partial charge on any atom is 0.256 e. The number of carbonyl (C=O) groups is 1. The largest absolute Gasteiger partial charge is 0.329 e. The molecular weight excluding hydrogens is 224 g/mol. The fourth-order valence-electron chi connectivity index (χ4n) is 4.42. The van der Waals surface area contributed by atoms with Gasteiger partial charge in [0, 0.05) is 13.1 Å². The van der Waals surface area contributed by atoms with Gasteiger partial charge in [-0.3, -0.25) is 9.79 Å². The van der Waals surface area contributed by atoms with Crippen molar-refractivity contribution in [2.75, 3.05) is 13.6 Å². The minimum atomic E-state index is 0.156. The summed E-state index contributed by atoms with van der Waals surface area (Å²) in [6.45, 7) is 11.6. The summed E-state index contributed by atoms with van der Waals surface area (Å²) < 4.78 is 0. The van der Waals surface area contributed by atoms with Crippen LogP contribution in [0.3, 0.4) is 0 Å². The third kappa shape index (κ3) is 1.72. The van der Waals surface area contributed by atoms with E-state index >= 15 is 0 Å². The number of hydrogen-bond acceptors (Lipinski definition) is 2. The van der Waals surface area contributed by atoms with E-state index in [2.05, 4.69) is 32.7 Å². The molecule has 0 bridgehead atoms. The van der Waals surface area contributed by atoms with Crippen LogP contribution in [-0.2, 0) is 4.79 Å². The molecule has 0 radical (unpaired) electrons. The van der Waals surface area contributed by atoms with Crippen LogP contribution in [0, 0.1) is 10.8 Å². The van der Waals surface area contributed by atoms with Crippen molar-refractivity contribution in [2.24, 2.45) is 15.8 Å². The van der Waals surface area contributed by atoms with Crippen molar-refractivity contribution in [1.82, 2.24) is 4.90 Å². The van der Waals surface area contributed by atoms with Gasteiger partial charge in [-0.1, -0.05) is 33.8 Å². The Morgan fingerprint density at radius 2 is 1.83 bits per heavy atom. The highest BCUT2D eigenvalue weighted by molar-refractivity contribution is 6.27. The van der Waals surface area contributed by atoms with Gasteiger partial charge in [-0.25, -0.2) is 0 Å². The van der Waals surface area contributed by atoms with Crippen LogP contribution in [0.25, 0.3) is 0 Å². The van der Waals surface area contributed by atoms with Gasteiger partial charge in [0.1, 0.15) is 0 Å². The van der Waals surface area contributed by atoms with E-state index in [1.54, 1.807) is 7.05 Å². The summed E-state index contributed by atoms with van der Waals surface area (Å²) in [5.41, 5.74) is 2.14. The SMILES string of the molecule is C/C=C1/C(=O)N(C2C(C)(C)CC2(C)C)C/C1=N/C. The van der Waals surface area contributed by atoms with Crippen LogP contribution in [0.15, 0.2) is 16.6 Å². The third-order valence-electron chi connectivity index (χ3n) is 4.38. The zero-order chi connectivity index (χ0) is 13.7. The number of aliphatic imine (C=N–C) groups is 1. The molecule has 2 fully saturated rings. The molecule has 1 aliphatic carbocycles. The number of carbonyl (C=O) groups excluding carboxylic acids is 1. The molecule has 0 aromatic heterocycles. The molecule has 1 amide bonds. The molecule has 0 unspecified atom stereocenters. The Morgan fingerprint density at radius 1 is 1.28 bits per heavy atom. The lowest BCUT2D eigenvalue weighted by Crippen LogP contribution is -2.63. The Bertz CT molecular complexity index is 429. The van der Waals surface area contributed by atoms with Gasteiger partial charge in [-0.15, -0.1) is 0 Å². The lowest BCUT2D eigenvalue weighted by molar-refractivity contribution is -0.149. The fourth-order valence-corrected chi connectivity index (χ4v) is 4.42. The van der Waals surface area contributed by atoms with Gasteiger partial charge < -0.3 is 4.90 Å². The lowest BCUT2D eigenvalue weighted by Gasteiger charge is -2.60. The molecule has 2 aliphatic rings.